The van der Waals surface area contributed by atoms with Crippen molar-refractivity contribution >= 4 is 5.91 Å². The molecule has 1 aromatic carbocycles. The fourth-order valence-corrected chi connectivity index (χ4v) is 2.74. The summed E-state index contributed by atoms with van der Waals surface area (Å²) in [6, 6.07) is 5.46. The van der Waals surface area contributed by atoms with Gasteiger partial charge in [-0.25, -0.2) is 0 Å². The van der Waals surface area contributed by atoms with E-state index in [1.165, 1.54) is 24.3 Å². The summed E-state index contributed by atoms with van der Waals surface area (Å²) < 4.78 is 39.8. The quantitative estimate of drug-likeness (QED) is 0.864. The van der Waals surface area contributed by atoms with E-state index in [0.29, 0.717) is 32.5 Å². The van der Waals surface area contributed by atoms with Crippen molar-refractivity contribution in [3.8, 4) is 12.3 Å². The molecule has 3 nitrogen and oxygen atoms in total. The molecule has 0 saturated carbocycles. The zero-order chi connectivity index (χ0) is 16.9. The number of carbonyl (C=O) groups is 1. The van der Waals surface area contributed by atoms with Gasteiger partial charge in [-0.2, -0.15) is 13.2 Å². The Balaban J connectivity index is 2.01. The SMILES string of the molecule is C#CCN1CCC(C(=O)N[C@H](c2ccccc2)C(F)(F)F)CC1. The predicted molar refractivity (Wildman–Crippen MR) is 81.4 cm³/mol. The number of nitrogens with one attached hydrogen (secondary N) is 1. The summed E-state index contributed by atoms with van der Waals surface area (Å²) >= 11 is 0. The van der Waals surface area contributed by atoms with Crippen molar-refractivity contribution < 1.29 is 18.0 Å². The van der Waals surface area contributed by atoms with Crippen LogP contribution in [0.4, 0.5) is 13.2 Å². The number of alkyl halides is 3. The Morgan fingerprint density at radius 3 is 2.43 bits per heavy atom. The van der Waals surface area contributed by atoms with E-state index in [1.54, 1.807) is 6.07 Å². The monoisotopic (exact) mass is 324 g/mol. The average molecular weight is 324 g/mol. The first-order valence-electron chi connectivity index (χ1n) is 7.49. The minimum Gasteiger partial charge on any atom is -0.341 e. The number of rotatable bonds is 4. The molecule has 1 N–H and O–H groups in total. The minimum atomic E-state index is -4.53. The van der Waals surface area contributed by atoms with Gasteiger partial charge < -0.3 is 5.32 Å². The third kappa shape index (κ3) is 4.73. The standard InChI is InChI=1S/C17H19F3N2O/c1-2-10-22-11-8-14(9-12-22)16(23)21-15(17(18,19)20)13-6-4-3-5-7-13/h1,3-7,14-15H,8-12H2,(H,21,23)/t15-/m1/s1. The lowest BCUT2D eigenvalue weighted by atomic mass is 9.95. The number of terminal acetylenes is 1. The third-order valence-electron chi connectivity index (χ3n) is 4.02. The maximum absolute atomic E-state index is 13.3. The molecular formula is C17H19F3N2O. The van der Waals surface area contributed by atoms with Gasteiger partial charge in [-0.3, -0.25) is 9.69 Å². The van der Waals surface area contributed by atoms with Crippen LogP contribution in [0.1, 0.15) is 24.4 Å². The Bertz CT molecular complexity index is 557. The molecule has 1 aliphatic heterocycles. The van der Waals surface area contributed by atoms with Crippen LogP contribution in [-0.4, -0.2) is 36.6 Å². The lowest BCUT2D eigenvalue weighted by molar-refractivity contribution is -0.165. The number of hydrogen-bond donors (Lipinski definition) is 1. The maximum atomic E-state index is 13.3. The number of halogens is 3. The van der Waals surface area contributed by atoms with E-state index in [0.717, 1.165) is 0 Å². The van der Waals surface area contributed by atoms with Crippen LogP contribution in [0.25, 0.3) is 0 Å². The zero-order valence-electron chi connectivity index (χ0n) is 12.6. The molecule has 124 valence electrons. The molecular weight excluding hydrogens is 305 g/mol. The second kappa shape index (κ2) is 7.51. The van der Waals surface area contributed by atoms with Crippen molar-refractivity contribution in [1.82, 2.24) is 10.2 Å². The van der Waals surface area contributed by atoms with Crippen molar-refractivity contribution in [3.63, 3.8) is 0 Å². The van der Waals surface area contributed by atoms with E-state index >= 15 is 0 Å². The lowest BCUT2D eigenvalue weighted by Gasteiger charge is -2.31. The summed E-state index contributed by atoms with van der Waals surface area (Å²) in [7, 11) is 0. The van der Waals surface area contributed by atoms with Gasteiger partial charge in [0.25, 0.3) is 0 Å². The van der Waals surface area contributed by atoms with Crippen molar-refractivity contribution in [2.24, 2.45) is 5.92 Å². The molecule has 0 radical (unpaired) electrons. The van der Waals surface area contributed by atoms with Gasteiger partial charge in [-0.1, -0.05) is 36.3 Å². The van der Waals surface area contributed by atoms with Crippen LogP contribution in [0, 0.1) is 18.3 Å². The van der Waals surface area contributed by atoms with Gasteiger partial charge in [0.2, 0.25) is 5.91 Å². The van der Waals surface area contributed by atoms with Crippen LogP contribution in [-0.2, 0) is 4.79 Å². The number of likely N-dealkylation sites (tertiary alicyclic amines) is 1. The molecule has 1 heterocycles. The number of piperidine rings is 1. The number of nitrogens with zero attached hydrogens (tertiary/aromatic N) is 1. The normalized spacial score (nSPS) is 18.2. The highest BCUT2D eigenvalue weighted by atomic mass is 19.4. The number of hydrogen-bond acceptors (Lipinski definition) is 2. The molecule has 0 bridgehead atoms. The van der Waals surface area contributed by atoms with Crippen molar-refractivity contribution in [1.29, 1.82) is 0 Å². The van der Waals surface area contributed by atoms with Gasteiger partial charge >= 0.3 is 6.18 Å². The highest BCUT2D eigenvalue weighted by Gasteiger charge is 2.42. The summed E-state index contributed by atoms with van der Waals surface area (Å²) in [6.45, 7) is 1.76. The largest absolute Gasteiger partial charge is 0.412 e. The van der Waals surface area contributed by atoms with E-state index < -0.39 is 24.0 Å². The second-order valence-electron chi connectivity index (χ2n) is 5.65. The summed E-state index contributed by atoms with van der Waals surface area (Å²) in [6.07, 6.45) is 1.75. The molecule has 1 aliphatic rings. The average Bonchev–Trinajstić information content (AvgIpc) is 2.53. The molecule has 1 saturated heterocycles. The molecule has 6 heteroatoms. The molecule has 0 aliphatic carbocycles. The molecule has 2 rings (SSSR count). The topological polar surface area (TPSA) is 32.3 Å². The first-order chi connectivity index (χ1) is 10.9. The van der Waals surface area contributed by atoms with Crippen molar-refractivity contribution in [2.45, 2.75) is 25.1 Å². The van der Waals surface area contributed by atoms with E-state index in [2.05, 4.69) is 11.2 Å². The highest BCUT2D eigenvalue weighted by molar-refractivity contribution is 5.79. The van der Waals surface area contributed by atoms with E-state index in [-0.39, 0.29) is 5.56 Å². The Labute approximate surface area is 133 Å². The number of benzene rings is 1. The lowest BCUT2D eigenvalue weighted by Crippen LogP contribution is -2.44. The molecule has 1 atom stereocenters. The minimum absolute atomic E-state index is 0.0399. The molecule has 1 amide bonds. The first kappa shape index (κ1) is 17.4. The van der Waals surface area contributed by atoms with Gasteiger partial charge in [-0.05, 0) is 31.5 Å². The third-order valence-corrected chi connectivity index (χ3v) is 4.02. The Hall–Kier alpha value is -2.00. The van der Waals surface area contributed by atoms with Crippen molar-refractivity contribution in [3.05, 3.63) is 35.9 Å². The molecule has 23 heavy (non-hydrogen) atoms. The smallest absolute Gasteiger partial charge is 0.341 e. The Morgan fingerprint density at radius 1 is 1.30 bits per heavy atom. The second-order valence-corrected chi connectivity index (χ2v) is 5.65. The summed E-state index contributed by atoms with van der Waals surface area (Å²) in [5.74, 6) is 1.58. The maximum Gasteiger partial charge on any atom is 0.412 e. The van der Waals surface area contributed by atoms with E-state index in [9.17, 15) is 18.0 Å². The van der Waals surface area contributed by atoms with Gasteiger partial charge in [-0.15, -0.1) is 6.42 Å². The highest BCUT2D eigenvalue weighted by Crippen LogP contribution is 2.33. The summed E-state index contributed by atoms with van der Waals surface area (Å²) in [5, 5.41) is 2.17. The summed E-state index contributed by atoms with van der Waals surface area (Å²) in [4.78, 5) is 14.2. The fourth-order valence-electron chi connectivity index (χ4n) is 2.74. The van der Waals surface area contributed by atoms with E-state index in [4.69, 9.17) is 6.42 Å². The van der Waals surface area contributed by atoms with Crippen molar-refractivity contribution in [2.75, 3.05) is 19.6 Å². The van der Waals surface area contributed by atoms with Gasteiger partial charge in [0.05, 0.1) is 6.54 Å². The predicted octanol–water partition coefficient (Wildman–Crippen LogP) is 2.75. The number of carbonyl (C=O) groups excluding carboxylic acids is 1. The van der Waals surface area contributed by atoms with E-state index in [1.807, 2.05) is 4.90 Å². The summed E-state index contributed by atoms with van der Waals surface area (Å²) in [5.41, 5.74) is 0.0399. The van der Waals surface area contributed by atoms with Crippen LogP contribution in [0.5, 0.6) is 0 Å². The number of amides is 1. The van der Waals surface area contributed by atoms with Crippen LogP contribution in [0.3, 0.4) is 0 Å². The van der Waals surface area contributed by atoms with Gasteiger partial charge in [0, 0.05) is 5.92 Å². The van der Waals surface area contributed by atoms with Gasteiger partial charge in [0.15, 0.2) is 6.04 Å². The van der Waals surface area contributed by atoms with Gasteiger partial charge in [0.1, 0.15) is 0 Å². The Kier molecular flexibility index (Phi) is 5.67. The molecule has 1 fully saturated rings. The zero-order valence-corrected chi connectivity index (χ0v) is 12.6. The van der Waals surface area contributed by atoms with Crippen LogP contribution in [0.15, 0.2) is 30.3 Å². The van der Waals surface area contributed by atoms with Crippen LogP contribution >= 0.6 is 0 Å². The molecule has 0 unspecified atom stereocenters. The fraction of sp³-hybridized carbons (Fsp3) is 0.471. The van der Waals surface area contributed by atoms with Crippen LogP contribution in [0.2, 0.25) is 0 Å². The molecule has 0 spiro atoms. The Morgan fingerprint density at radius 2 is 1.91 bits per heavy atom. The van der Waals surface area contributed by atoms with Crippen LogP contribution < -0.4 is 5.32 Å². The first-order valence-corrected chi connectivity index (χ1v) is 7.49. The molecule has 1 aromatic rings. The molecule has 0 aromatic heterocycles.